The molecule has 1 saturated carbocycles. The van der Waals surface area contributed by atoms with Crippen molar-refractivity contribution in [2.45, 2.75) is 43.8 Å². The minimum Gasteiger partial charge on any atom is -0.369 e. The number of alkyl halides is 3. The second kappa shape index (κ2) is 8.39. The van der Waals surface area contributed by atoms with Crippen LogP contribution in [0.15, 0.2) is 24.3 Å². The van der Waals surface area contributed by atoms with Crippen molar-refractivity contribution in [2.75, 3.05) is 37.6 Å². The molecule has 0 spiro atoms. The molecular formula is C20H25F3N4O. The molecule has 3 rings (SSSR count). The fraction of sp³-hybridized carbons (Fsp3) is 0.600. The molecule has 152 valence electrons. The maximum atomic E-state index is 12.9. The zero-order chi connectivity index (χ0) is 20.2. The molecule has 2 fully saturated rings. The molecule has 1 saturated heterocycles. The van der Waals surface area contributed by atoms with E-state index in [2.05, 4.69) is 11.4 Å². The summed E-state index contributed by atoms with van der Waals surface area (Å²) >= 11 is 0. The van der Waals surface area contributed by atoms with Crippen LogP contribution >= 0.6 is 0 Å². The van der Waals surface area contributed by atoms with Gasteiger partial charge in [0.1, 0.15) is 5.54 Å². The third-order valence-corrected chi connectivity index (χ3v) is 5.58. The number of amides is 1. The van der Waals surface area contributed by atoms with Crippen LogP contribution in [-0.2, 0) is 11.0 Å². The molecule has 0 unspecified atom stereocenters. The van der Waals surface area contributed by atoms with Crippen LogP contribution in [0.4, 0.5) is 18.9 Å². The number of hydrogen-bond acceptors (Lipinski definition) is 4. The smallest absolute Gasteiger partial charge is 0.369 e. The van der Waals surface area contributed by atoms with E-state index in [4.69, 9.17) is 0 Å². The molecule has 0 atom stereocenters. The van der Waals surface area contributed by atoms with Crippen molar-refractivity contribution in [3.8, 4) is 6.07 Å². The number of nitrogens with zero attached hydrogens (tertiary/aromatic N) is 3. The van der Waals surface area contributed by atoms with Crippen molar-refractivity contribution in [3.63, 3.8) is 0 Å². The fourth-order valence-electron chi connectivity index (χ4n) is 3.97. The van der Waals surface area contributed by atoms with Gasteiger partial charge in [-0.25, -0.2) is 0 Å². The van der Waals surface area contributed by atoms with Gasteiger partial charge in [0.2, 0.25) is 5.91 Å². The van der Waals surface area contributed by atoms with Gasteiger partial charge < -0.3 is 10.2 Å². The third-order valence-electron chi connectivity index (χ3n) is 5.58. The molecule has 1 amide bonds. The first-order valence-electron chi connectivity index (χ1n) is 9.68. The molecule has 8 heteroatoms. The van der Waals surface area contributed by atoms with Gasteiger partial charge in [-0.3, -0.25) is 9.69 Å². The number of piperazine rings is 1. The number of halogens is 3. The van der Waals surface area contributed by atoms with Gasteiger partial charge in [-0.2, -0.15) is 18.4 Å². The molecule has 1 aromatic carbocycles. The quantitative estimate of drug-likeness (QED) is 0.852. The van der Waals surface area contributed by atoms with Gasteiger partial charge in [-0.05, 0) is 31.0 Å². The van der Waals surface area contributed by atoms with Gasteiger partial charge in [0.25, 0.3) is 0 Å². The minimum absolute atomic E-state index is 0.157. The Labute approximate surface area is 163 Å². The number of rotatable bonds is 4. The summed E-state index contributed by atoms with van der Waals surface area (Å²) in [6.45, 7) is 2.49. The number of hydrogen-bond donors (Lipinski definition) is 1. The van der Waals surface area contributed by atoms with Gasteiger partial charge >= 0.3 is 6.18 Å². The molecule has 5 nitrogen and oxygen atoms in total. The molecule has 0 bridgehead atoms. The van der Waals surface area contributed by atoms with Gasteiger partial charge in [-0.15, -0.1) is 0 Å². The van der Waals surface area contributed by atoms with E-state index in [1.54, 1.807) is 6.07 Å². The highest BCUT2D eigenvalue weighted by Gasteiger charge is 2.34. The standard InChI is InChI=1S/C20H25F3N4O/c21-20(22,23)16-5-4-6-17(13-16)27-11-9-26(10-12-27)14-18(28)25-19(15-24)7-2-1-3-8-19/h4-6,13H,1-3,7-12,14H2,(H,25,28). The number of benzene rings is 1. The molecule has 0 aromatic heterocycles. The van der Waals surface area contributed by atoms with Crippen molar-refractivity contribution in [1.29, 1.82) is 5.26 Å². The Kier molecular flexibility index (Phi) is 6.14. The number of carbonyl (C=O) groups is 1. The second-order valence-electron chi connectivity index (χ2n) is 7.61. The fourth-order valence-corrected chi connectivity index (χ4v) is 3.97. The van der Waals surface area contributed by atoms with E-state index >= 15 is 0 Å². The van der Waals surface area contributed by atoms with Crippen molar-refractivity contribution < 1.29 is 18.0 Å². The first-order chi connectivity index (χ1) is 13.3. The van der Waals surface area contributed by atoms with Crippen molar-refractivity contribution >= 4 is 11.6 Å². The Bertz CT molecular complexity index is 730. The average molecular weight is 394 g/mol. The zero-order valence-corrected chi connectivity index (χ0v) is 15.8. The summed E-state index contributed by atoms with van der Waals surface area (Å²) in [5, 5.41) is 12.4. The average Bonchev–Trinajstić information content (AvgIpc) is 2.68. The summed E-state index contributed by atoms with van der Waals surface area (Å²) < 4.78 is 38.7. The lowest BCUT2D eigenvalue weighted by atomic mass is 9.83. The predicted molar refractivity (Wildman–Crippen MR) is 99.7 cm³/mol. The lowest BCUT2D eigenvalue weighted by Crippen LogP contribution is -2.54. The summed E-state index contributed by atoms with van der Waals surface area (Å²) in [4.78, 5) is 16.3. The lowest BCUT2D eigenvalue weighted by Gasteiger charge is -2.37. The zero-order valence-electron chi connectivity index (χ0n) is 15.8. The first kappa shape index (κ1) is 20.5. The SMILES string of the molecule is N#CC1(NC(=O)CN2CCN(c3cccc(C(F)(F)F)c3)CC2)CCCCC1. The number of carbonyl (C=O) groups excluding carboxylic acids is 1. The normalized spacial score (nSPS) is 20.4. The largest absolute Gasteiger partial charge is 0.416 e. The van der Waals surface area contributed by atoms with Gasteiger partial charge in [0, 0.05) is 31.9 Å². The monoisotopic (exact) mass is 394 g/mol. The lowest BCUT2D eigenvalue weighted by molar-refractivity contribution is -0.137. The maximum Gasteiger partial charge on any atom is 0.416 e. The maximum absolute atomic E-state index is 12.9. The van der Waals surface area contributed by atoms with E-state index in [-0.39, 0.29) is 12.5 Å². The summed E-state index contributed by atoms with van der Waals surface area (Å²) in [6, 6.07) is 7.62. The van der Waals surface area contributed by atoms with Crippen molar-refractivity contribution in [3.05, 3.63) is 29.8 Å². The number of anilines is 1. The Morgan fingerprint density at radius 1 is 1.14 bits per heavy atom. The second-order valence-corrected chi connectivity index (χ2v) is 7.61. The molecule has 1 aromatic rings. The van der Waals surface area contributed by atoms with Crippen LogP contribution < -0.4 is 10.2 Å². The number of nitrogens with one attached hydrogen (secondary N) is 1. The summed E-state index contributed by atoms with van der Waals surface area (Å²) in [7, 11) is 0. The Hall–Kier alpha value is -2.27. The van der Waals surface area contributed by atoms with Crippen LogP contribution in [0, 0.1) is 11.3 Å². The van der Waals surface area contributed by atoms with E-state index in [1.807, 2.05) is 9.80 Å². The molecule has 1 heterocycles. The van der Waals surface area contributed by atoms with E-state index in [9.17, 15) is 23.2 Å². The highest BCUT2D eigenvalue weighted by atomic mass is 19.4. The van der Waals surface area contributed by atoms with E-state index in [1.165, 1.54) is 12.1 Å². The molecule has 1 aliphatic heterocycles. The molecule has 2 aliphatic rings. The van der Waals surface area contributed by atoms with Gasteiger partial charge in [0.15, 0.2) is 0 Å². The van der Waals surface area contributed by atoms with Crippen LogP contribution in [0.25, 0.3) is 0 Å². The van der Waals surface area contributed by atoms with Crippen molar-refractivity contribution in [1.82, 2.24) is 10.2 Å². The number of nitriles is 1. The molecule has 1 aliphatic carbocycles. The highest BCUT2D eigenvalue weighted by molar-refractivity contribution is 5.79. The van der Waals surface area contributed by atoms with Crippen LogP contribution in [0.5, 0.6) is 0 Å². The van der Waals surface area contributed by atoms with E-state index in [0.29, 0.717) is 44.7 Å². The Morgan fingerprint density at radius 2 is 1.82 bits per heavy atom. The molecule has 0 radical (unpaired) electrons. The Balaban J connectivity index is 1.52. The van der Waals surface area contributed by atoms with Crippen LogP contribution in [0.2, 0.25) is 0 Å². The third kappa shape index (κ3) is 4.96. The van der Waals surface area contributed by atoms with Crippen LogP contribution in [0.1, 0.15) is 37.7 Å². The summed E-state index contributed by atoms with van der Waals surface area (Å²) in [5.74, 6) is -0.157. The van der Waals surface area contributed by atoms with Crippen LogP contribution in [0.3, 0.4) is 0 Å². The summed E-state index contributed by atoms with van der Waals surface area (Å²) in [5.41, 5.74) is -0.847. The van der Waals surface area contributed by atoms with Gasteiger partial charge in [0.05, 0.1) is 18.2 Å². The van der Waals surface area contributed by atoms with E-state index < -0.39 is 17.3 Å². The summed E-state index contributed by atoms with van der Waals surface area (Å²) in [6.07, 6.45) is 0.0205. The molecule has 1 N–H and O–H groups in total. The molecule has 28 heavy (non-hydrogen) atoms. The van der Waals surface area contributed by atoms with E-state index in [0.717, 1.165) is 25.3 Å². The first-order valence-corrected chi connectivity index (χ1v) is 9.68. The highest BCUT2D eigenvalue weighted by Crippen LogP contribution is 2.32. The minimum atomic E-state index is -4.36. The predicted octanol–water partition coefficient (Wildman–Crippen LogP) is 3.17. The van der Waals surface area contributed by atoms with Gasteiger partial charge in [-0.1, -0.05) is 25.3 Å². The topological polar surface area (TPSA) is 59.4 Å². The van der Waals surface area contributed by atoms with Crippen molar-refractivity contribution in [2.24, 2.45) is 0 Å². The molecular weight excluding hydrogens is 369 g/mol. The Morgan fingerprint density at radius 3 is 2.43 bits per heavy atom. The van der Waals surface area contributed by atoms with Crippen LogP contribution in [-0.4, -0.2) is 49.1 Å².